The van der Waals surface area contributed by atoms with Crippen LogP contribution in [-0.4, -0.2) is 13.1 Å². The average Bonchev–Trinajstić information content (AvgIpc) is 3.06. The lowest BCUT2D eigenvalue weighted by molar-refractivity contribution is 0.0607. The van der Waals surface area contributed by atoms with E-state index in [-0.39, 0.29) is 5.69 Å². The maximum atomic E-state index is 11.7. The van der Waals surface area contributed by atoms with Crippen LogP contribution in [0.3, 0.4) is 0 Å². The molecule has 2 N–H and O–H groups in total. The highest BCUT2D eigenvalue weighted by Crippen LogP contribution is 2.41. The Balaban J connectivity index is 2.01. The van der Waals surface area contributed by atoms with Gasteiger partial charge in [-0.05, 0) is 11.1 Å². The SMILES string of the molecule is COC(=O)c1sc(N2Cc3ccccc3C2)c(C#N)c1N. The van der Waals surface area contributed by atoms with Crippen LogP contribution in [0, 0.1) is 11.3 Å². The van der Waals surface area contributed by atoms with Gasteiger partial charge in [0.15, 0.2) is 0 Å². The highest BCUT2D eigenvalue weighted by atomic mass is 32.1. The molecular formula is C15H13N3O2S. The molecule has 1 aromatic carbocycles. The first kappa shape index (κ1) is 13.5. The fraction of sp³-hybridized carbons (Fsp3) is 0.200. The number of nitrogens with zero attached hydrogens (tertiary/aromatic N) is 2. The monoisotopic (exact) mass is 299 g/mol. The van der Waals surface area contributed by atoms with Crippen LogP contribution in [0.4, 0.5) is 10.7 Å². The molecule has 0 saturated carbocycles. The summed E-state index contributed by atoms with van der Waals surface area (Å²) in [6.45, 7) is 1.43. The third kappa shape index (κ3) is 2.12. The van der Waals surface area contributed by atoms with Crippen molar-refractivity contribution in [1.82, 2.24) is 0 Å². The molecule has 6 heteroatoms. The molecular weight excluding hydrogens is 286 g/mol. The van der Waals surface area contributed by atoms with Gasteiger partial charge in [-0.1, -0.05) is 24.3 Å². The number of fused-ring (bicyclic) bond motifs is 1. The van der Waals surface area contributed by atoms with Crippen LogP contribution in [0.2, 0.25) is 0 Å². The van der Waals surface area contributed by atoms with Crippen LogP contribution in [0.15, 0.2) is 24.3 Å². The summed E-state index contributed by atoms with van der Waals surface area (Å²) in [6, 6.07) is 10.2. The van der Waals surface area contributed by atoms with Crippen molar-refractivity contribution in [2.75, 3.05) is 17.7 Å². The summed E-state index contributed by atoms with van der Waals surface area (Å²) in [5.41, 5.74) is 8.95. The zero-order chi connectivity index (χ0) is 15.0. The number of nitriles is 1. The minimum atomic E-state index is -0.503. The van der Waals surface area contributed by atoms with Gasteiger partial charge in [0.05, 0.1) is 12.8 Å². The predicted octanol–water partition coefficient (Wildman–Crippen LogP) is 2.51. The predicted molar refractivity (Wildman–Crippen MR) is 81.1 cm³/mol. The maximum absolute atomic E-state index is 11.7. The number of hydrogen-bond acceptors (Lipinski definition) is 6. The van der Waals surface area contributed by atoms with E-state index in [1.54, 1.807) is 0 Å². The van der Waals surface area contributed by atoms with E-state index >= 15 is 0 Å². The lowest BCUT2D eigenvalue weighted by atomic mass is 10.1. The van der Waals surface area contributed by atoms with Gasteiger partial charge in [-0.3, -0.25) is 0 Å². The molecule has 1 aliphatic rings. The zero-order valence-corrected chi connectivity index (χ0v) is 12.2. The Morgan fingerprint density at radius 2 is 2.00 bits per heavy atom. The lowest BCUT2D eigenvalue weighted by Crippen LogP contribution is -2.14. The summed E-state index contributed by atoms with van der Waals surface area (Å²) < 4.78 is 4.72. The molecule has 1 aliphatic heterocycles. The fourth-order valence-corrected chi connectivity index (χ4v) is 3.57. The molecule has 5 nitrogen and oxygen atoms in total. The van der Waals surface area contributed by atoms with Crippen LogP contribution in [0.25, 0.3) is 0 Å². The molecule has 106 valence electrons. The van der Waals surface area contributed by atoms with Gasteiger partial charge < -0.3 is 15.4 Å². The van der Waals surface area contributed by atoms with E-state index in [2.05, 4.69) is 23.1 Å². The molecule has 21 heavy (non-hydrogen) atoms. The Kier molecular flexibility index (Phi) is 3.28. The standard InChI is InChI=1S/C15H13N3O2S/c1-20-15(19)13-12(17)11(6-16)14(21-13)18-7-9-4-2-3-5-10(9)8-18/h2-5H,7-8,17H2,1H3. The Morgan fingerprint density at radius 1 is 1.38 bits per heavy atom. The molecule has 0 atom stereocenters. The van der Waals surface area contributed by atoms with Gasteiger partial charge in [-0.2, -0.15) is 5.26 Å². The normalized spacial score (nSPS) is 12.9. The Bertz CT molecular complexity index is 736. The molecule has 0 spiro atoms. The summed E-state index contributed by atoms with van der Waals surface area (Å²) >= 11 is 1.22. The highest BCUT2D eigenvalue weighted by Gasteiger charge is 2.28. The quantitative estimate of drug-likeness (QED) is 0.862. The van der Waals surface area contributed by atoms with Crippen molar-refractivity contribution in [2.45, 2.75) is 13.1 Å². The van der Waals surface area contributed by atoms with E-state index in [1.807, 2.05) is 12.1 Å². The van der Waals surface area contributed by atoms with Crippen molar-refractivity contribution >= 4 is 28.0 Å². The summed E-state index contributed by atoms with van der Waals surface area (Å²) in [7, 11) is 1.30. The Hall–Kier alpha value is -2.52. The summed E-state index contributed by atoms with van der Waals surface area (Å²) in [4.78, 5) is 14.1. The molecule has 0 saturated heterocycles. The second-order valence-corrected chi connectivity index (χ2v) is 5.75. The number of thiophene rings is 1. The number of rotatable bonds is 2. The topological polar surface area (TPSA) is 79.3 Å². The van der Waals surface area contributed by atoms with Gasteiger partial charge in [-0.25, -0.2) is 4.79 Å². The molecule has 0 unspecified atom stereocenters. The Morgan fingerprint density at radius 3 is 2.52 bits per heavy atom. The van der Waals surface area contributed by atoms with Gasteiger partial charge in [0.25, 0.3) is 0 Å². The van der Waals surface area contributed by atoms with E-state index in [0.717, 1.165) is 5.00 Å². The van der Waals surface area contributed by atoms with Gasteiger partial charge in [0.1, 0.15) is 21.5 Å². The second-order valence-electron chi connectivity index (χ2n) is 4.75. The number of hydrogen-bond donors (Lipinski definition) is 1. The third-order valence-corrected chi connectivity index (χ3v) is 4.78. The number of methoxy groups -OCH3 is 1. The molecule has 0 fully saturated rings. The lowest BCUT2D eigenvalue weighted by Gasteiger charge is -2.15. The van der Waals surface area contributed by atoms with Crippen LogP contribution >= 0.6 is 11.3 Å². The summed E-state index contributed by atoms with van der Waals surface area (Å²) in [5.74, 6) is -0.503. The number of nitrogens with two attached hydrogens (primary N) is 1. The smallest absolute Gasteiger partial charge is 0.350 e. The molecule has 3 rings (SSSR count). The van der Waals surface area contributed by atoms with Gasteiger partial charge in [0, 0.05) is 13.1 Å². The maximum Gasteiger partial charge on any atom is 0.350 e. The van der Waals surface area contributed by atoms with Crippen molar-refractivity contribution in [3.63, 3.8) is 0 Å². The molecule has 2 heterocycles. The van der Waals surface area contributed by atoms with E-state index in [1.165, 1.54) is 29.6 Å². The summed E-state index contributed by atoms with van der Waals surface area (Å²) in [6.07, 6.45) is 0. The van der Waals surface area contributed by atoms with Crippen molar-refractivity contribution in [2.24, 2.45) is 0 Å². The molecule has 2 aromatic rings. The van der Waals surface area contributed by atoms with Gasteiger partial charge >= 0.3 is 5.97 Å². The van der Waals surface area contributed by atoms with E-state index < -0.39 is 5.97 Å². The third-order valence-electron chi connectivity index (χ3n) is 3.54. The van der Waals surface area contributed by atoms with Gasteiger partial charge in [-0.15, -0.1) is 11.3 Å². The molecule has 0 amide bonds. The van der Waals surface area contributed by atoms with Crippen molar-refractivity contribution < 1.29 is 9.53 Å². The number of esters is 1. The Labute approximate surface area is 126 Å². The molecule has 0 bridgehead atoms. The average molecular weight is 299 g/mol. The minimum absolute atomic E-state index is 0.209. The first-order valence-corrected chi connectivity index (χ1v) is 7.19. The van der Waals surface area contributed by atoms with E-state index in [9.17, 15) is 10.1 Å². The number of benzene rings is 1. The number of carbonyl (C=O) groups excluding carboxylic acids is 1. The minimum Gasteiger partial charge on any atom is -0.465 e. The number of carbonyl (C=O) groups is 1. The van der Waals surface area contributed by atoms with Crippen molar-refractivity contribution in [3.8, 4) is 6.07 Å². The largest absolute Gasteiger partial charge is 0.465 e. The van der Waals surface area contributed by atoms with Crippen LogP contribution < -0.4 is 10.6 Å². The van der Waals surface area contributed by atoms with Gasteiger partial charge in [0.2, 0.25) is 0 Å². The van der Waals surface area contributed by atoms with Crippen LogP contribution in [0.5, 0.6) is 0 Å². The van der Waals surface area contributed by atoms with E-state index in [0.29, 0.717) is 23.5 Å². The number of ether oxygens (including phenoxy) is 1. The van der Waals surface area contributed by atoms with Crippen LogP contribution in [0.1, 0.15) is 26.4 Å². The fourth-order valence-electron chi connectivity index (χ4n) is 2.48. The zero-order valence-electron chi connectivity index (χ0n) is 11.4. The van der Waals surface area contributed by atoms with Crippen molar-refractivity contribution in [1.29, 1.82) is 5.26 Å². The van der Waals surface area contributed by atoms with E-state index in [4.69, 9.17) is 10.5 Å². The highest BCUT2D eigenvalue weighted by molar-refractivity contribution is 7.18. The molecule has 0 aliphatic carbocycles. The number of nitrogen functional groups attached to an aromatic ring is 1. The molecule has 1 aromatic heterocycles. The molecule has 0 radical (unpaired) electrons. The first-order chi connectivity index (χ1) is 10.2. The van der Waals surface area contributed by atoms with Crippen LogP contribution in [-0.2, 0) is 17.8 Å². The number of anilines is 2. The summed E-state index contributed by atoms with van der Waals surface area (Å²) in [5, 5.41) is 10.1. The second kappa shape index (κ2) is 5.11. The first-order valence-electron chi connectivity index (χ1n) is 6.38. The van der Waals surface area contributed by atoms with Crippen molar-refractivity contribution in [3.05, 3.63) is 45.8 Å².